The zero-order chi connectivity index (χ0) is 15.0. The van der Waals surface area contributed by atoms with Gasteiger partial charge >= 0.3 is 0 Å². The standard InChI is InChI=1S/C16H12BrNO3/c17-15-8-18(10-1-3-11(20)4-2-10)16(9-19)13-6-5-12(21)7-14(13)15/h1-9,16,20-21H. The number of hydrogen-bond donors (Lipinski definition) is 2. The molecule has 0 radical (unpaired) electrons. The van der Waals surface area contributed by atoms with Crippen molar-refractivity contribution < 1.29 is 15.0 Å². The van der Waals surface area contributed by atoms with Gasteiger partial charge in [-0.25, -0.2) is 0 Å². The highest BCUT2D eigenvalue weighted by Gasteiger charge is 2.27. The van der Waals surface area contributed by atoms with Gasteiger partial charge in [-0.2, -0.15) is 0 Å². The van der Waals surface area contributed by atoms with Gasteiger partial charge in [0, 0.05) is 16.4 Å². The fraction of sp³-hybridized carbons (Fsp3) is 0.0625. The van der Waals surface area contributed by atoms with Crippen molar-refractivity contribution in [2.45, 2.75) is 6.04 Å². The zero-order valence-electron chi connectivity index (χ0n) is 10.9. The third kappa shape index (κ3) is 2.40. The molecule has 0 saturated carbocycles. The summed E-state index contributed by atoms with van der Waals surface area (Å²) in [5, 5.41) is 19.0. The predicted molar refractivity (Wildman–Crippen MR) is 84.4 cm³/mol. The van der Waals surface area contributed by atoms with Crippen LogP contribution in [0.4, 0.5) is 5.69 Å². The molecular weight excluding hydrogens is 334 g/mol. The van der Waals surface area contributed by atoms with Gasteiger partial charge in [0.15, 0.2) is 0 Å². The molecule has 4 nitrogen and oxygen atoms in total. The molecular formula is C16H12BrNO3. The Morgan fingerprint density at radius 2 is 1.71 bits per heavy atom. The number of halogens is 1. The number of nitrogens with zero attached hydrogens (tertiary/aromatic N) is 1. The molecule has 0 aromatic heterocycles. The van der Waals surface area contributed by atoms with E-state index in [1.165, 1.54) is 0 Å². The Bertz CT molecular complexity index is 725. The summed E-state index contributed by atoms with van der Waals surface area (Å²) in [4.78, 5) is 13.4. The van der Waals surface area contributed by atoms with Crippen LogP contribution in [0.5, 0.6) is 11.5 Å². The van der Waals surface area contributed by atoms with E-state index >= 15 is 0 Å². The van der Waals surface area contributed by atoms with Crippen molar-refractivity contribution in [2.75, 3.05) is 4.90 Å². The summed E-state index contributed by atoms with van der Waals surface area (Å²) in [5.41, 5.74) is 2.40. The van der Waals surface area contributed by atoms with Crippen molar-refractivity contribution >= 4 is 32.4 Å². The minimum Gasteiger partial charge on any atom is -0.508 e. The molecule has 2 aromatic carbocycles. The molecule has 106 valence electrons. The van der Waals surface area contributed by atoms with Crippen LogP contribution in [0.25, 0.3) is 4.48 Å². The zero-order valence-corrected chi connectivity index (χ0v) is 12.5. The van der Waals surface area contributed by atoms with Crippen LogP contribution < -0.4 is 4.90 Å². The van der Waals surface area contributed by atoms with E-state index in [4.69, 9.17) is 0 Å². The topological polar surface area (TPSA) is 60.8 Å². The molecule has 1 heterocycles. The van der Waals surface area contributed by atoms with Gasteiger partial charge in [0.05, 0.1) is 0 Å². The van der Waals surface area contributed by atoms with E-state index in [2.05, 4.69) is 15.9 Å². The van der Waals surface area contributed by atoms with E-state index in [-0.39, 0.29) is 11.5 Å². The maximum Gasteiger partial charge on any atom is 0.147 e. The normalized spacial score (nSPS) is 17.1. The van der Waals surface area contributed by atoms with Gasteiger partial charge in [0.25, 0.3) is 0 Å². The number of carbonyl (C=O) groups excluding carboxylic acids is 1. The van der Waals surface area contributed by atoms with Crippen LogP contribution in [-0.4, -0.2) is 16.5 Å². The molecule has 1 unspecified atom stereocenters. The quantitative estimate of drug-likeness (QED) is 0.817. The lowest BCUT2D eigenvalue weighted by molar-refractivity contribution is -0.109. The van der Waals surface area contributed by atoms with Crippen LogP contribution >= 0.6 is 15.9 Å². The lowest BCUT2D eigenvalue weighted by atomic mass is 9.96. The second kappa shape index (κ2) is 5.26. The predicted octanol–water partition coefficient (Wildman–Crippen LogP) is 3.55. The molecule has 0 bridgehead atoms. The fourth-order valence-electron chi connectivity index (χ4n) is 2.43. The van der Waals surface area contributed by atoms with Crippen LogP contribution in [0.15, 0.2) is 48.7 Å². The van der Waals surface area contributed by atoms with E-state index in [1.807, 2.05) is 4.90 Å². The summed E-state index contributed by atoms with van der Waals surface area (Å²) in [6, 6.07) is 11.1. The van der Waals surface area contributed by atoms with E-state index in [9.17, 15) is 15.0 Å². The molecule has 2 N–H and O–H groups in total. The number of anilines is 1. The molecule has 1 aliphatic heterocycles. The number of aldehydes is 1. The average molecular weight is 346 g/mol. The van der Waals surface area contributed by atoms with E-state index < -0.39 is 6.04 Å². The molecule has 2 aromatic rings. The van der Waals surface area contributed by atoms with Gasteiger partial charge in [0.1, 0.15) is 23.8 Å². The minimum absolute atomic E-state index is 0.154. The highest BCUT2D eigenvalue weighted by molar-refractivity contribution is 9.15. The summed E-state index contributed by atoms with van der Waals surface area (Å²) in [6.45, 7) is 0. The van der Waals surface area contributed by atoms with Gasteiger partial charge in [-0.1, -0.05) is 6.07 Å². The molecule has 1 atom stereocenters. The molecule has 1 aliphatic rings. The summed E-state index contributed by atoms with van der Waals surface area (Å²) in [5.74, 6) is 0.327. The van der Waals surface area contributed by atoms with Crippen molar-refractivity contribution in [3.63, 3.8) is 0 Å². The fourth-order valence-corrected chi connectivity index (χ4v) is 2.99. The van der Waals surface area contributed by atoms with E-state index in [0.717, 1.165) is 27.6 Å². The van der Waals surface area contributed by atoms with Gasteiger partial charge in [-0.15, -0.1) is 0 Å². The highest BCUT2D eigenvalue weighted by Crippen LogP contribution is 2.40. The summed E-state index contributed by atoms with van der Waals surface area (Å²) >= 11 is 3.47. The van der Waals surface area contributed by atoms with Crippen LogP contribution in [-0.2, 0) is 4.79 Å². The smallest absolute Gasteiger partial charge is 0.147 e. The average Bonchev–Trinajstić information content (AvgIpc) is 2.48. The molecule has 0 amide bonds. The van der Waals surface area contributed by atoms with Crippen molar-refractivity contribution in [3.05, 3.63) is 59.8 Å². The van der Waals surface area contributed by atoms with Crippen molar-refractivity contribution in [1.29, 1.82) is 0 Å². The first-order valence-corrected chi connectivity index (χ1v) is 7.12. The Balaban J connectivity index is 2.12. The Kier molecular flexibility index (Phi) is 3.43. The minimum atomic E-state index is -0.480. The maximum absolute atomic E-state index is 11.6. The van der Waals surface area contributed by atoms with Crippen LogP contribution in [0.1, 0.15) is 17.2 Å². The van der Waals surface area contributed by atoms with Gasteiger partial charge < -0.3 is 19.9 Å². The molecule has 0 aliphatic carbocycles. The Morgan fingerprint density at radius 1 is 1.05 bits per heavy atom. The first-order chi connectivity index (χ1) is 10.1. The van der Waals surface area contributed by atoms with Crippen LogP contribution in [0, 0.1) is 0 Å². The lowest BCUT2D eigenvalue weighted by Crippen LogP contribution is -2.28. The lowest BCUT2D eigenvalue weighted by Gasteiger charge is -2.32. The van der Waals surface area contributed by atoms with Crippen molar-refractivity contribution in [2.24, 2.45) is 0 Å². The first-order valence-electron chi connectivity index (χ1n) is 6.33. The number of phenolic OH excluding ortho intramolecular Hbond substituents is 2. The first kappa shape index (κ1) is 13.7. The molecule has 5 heteroatoms. The Labute approximate surface area is 130 Å². The molecule has 21 heavy (non-hydrogen) atoms. The largest absolute Gasteiger partial charge is 0.508 e. The van der Waals surface area contributed by atoms with Crippen LogP contribution in [0.2, 0.25) is 0 Å². The number of fused-ring (bicyclic) bond motifs is 1. The maximum atomic E-state index is 11.6. The number of benzene rings is 2. The summed E-state index contributed by atoms with van der Waals surface area (Å²) < 4.78 is 0.777. The molecule has 3 rings (SSSR count). The second-order valence-corrected chi connectivity index (χ2v) is 5.61. The Hall–Kier alpha value is -2.27. The number of hydrogen-bond acceptors (Lipinski definition) is 4. The highest BCUT2D eigenvalue weighted by atomic mass is 79.9. The number of phenols is 2. The van der Waals surface area contributed by atoms with E-state index in [0.29, 0.717) is 0 Å². The third-order valence-electron chi connectivity index (χ3n) is 3.44. The Morgan fingerprint density at radius 3 is 2.38 bits per heavy atom. The van der Waals surface area contributed by atoms with Crippen molar-refractivity contribution in [3.8, 4) is 11.5 Å². The van der Waals surface area contributed by atoms with Gasteiger partial charge in [-0.05, 0) is 63.5 Å². The summed E-state index contributed by atoms with van der Waals surface area (Å²) in [6.07, 6.45) is 2.66. The van der Waals surface area contributed by atoms with Crippen molar-refractivity contribution in [1.82, 2.24) is 0 Å². The number of aromatic hydroxyl groups is 2. The monoisotopic (exact) mass is 345 g/mol. The van der Waals surface area contributed by atoms with E-state index in [1.54, 1.807) is 48.7 Å². The molecule has 0 spiro atoms. The van der Waals surface area contributed by atoms with Gasteiger partial charge in [-0.3, -0.25) is 0 Å². The number of rotatable bonds is 2. The third-order valence-corrected chi connectivity index (χ3v) is 4.07. The van der Waals surface area contributed by atoms with Crippen LogP contribution in [0.3, 0.4) is 0 Å². The summed E-state index contributed by atoms with van der Waals surface area (Å²) in [7, 11) is 0. The second-order valence-electron chi connectivity index (χ2n) is 4.75. The molecule has 0 saturated heterocycles. The molecule has 0 fully saturated rings. The van der Waals surface area contributed by atoms with Gasteiger partial charge in [0.2, 0.25) is 0 Å². The SMILES string of the molecule is O=CC1c2ccc(O)cc2C(Br)=CN1c1ccc(O)cc1. The number of carbonyl (C=O) groups is 1.